The summed E-state index contributed by atoms with van der Waals surface area (Å²) in [4.78, 5) is 37.2. The molecule has 0 aliphatic rings. The van der Waals surface area contributed by atoms with Crippen molar-refractivity contribution in [3.05, 3.63) is 85.1 Å². The van der Waals surface area contributed by atoms with E-state index in [2.05, 4.69) is 98.9 Å². The van der Waals surface area contributed by atoms with Crippen molar-refractivity contribution in [3.8, 4) is 0 Å². The molecule has 0 aromatic carbocycles. The maximum atomic E-state index is 12.8. The van der Waals surface area contributed by atoms with Crippen molar-refractivity contribution < 1.29 is 38.2 Å². The molecule has 0 rings (SSSR count). The van der Waals surface area contributed by atoms with Crippen molar-refractivity contribution in [2.45, 2.75) is 225 Å². The first-order valence-electron chi connectivity index (χ1n) is 26.6. The number of rotatable bonds is 47. The Morgan fingerprint density at radius 3 is 1.26 bits per heavy atom. The van der Waals surface area contributed by atoms with Crippen LogP contribution in [0.2, 0.25) is 0 Å². The monoisotopic (exact) mass is 923 g/mol. The van der Waals surface area contributed by atoms with Crippen LogP contribution in [0.3, 0.4) is 0 Å². The van der Waals surface area contributed by atoms with Crippen molar-refractivity contribution >= 4 is 17.9 Å². The summed E-state index contributed by atoms with van der Waals surface area (Å²) >= 11 is 0. The predicted octanol–water partition coefficient (Wildman–Crippen LogP) is 15.6. The zero-order valence-electron chi connectivity index (χ0n) is 43.1. The number of hydrogen-bond donors (Lipinski definition) is 1. The van der Waals surface area contributed by atoms with Crippen LogP contribution in [0.1, 0.15) is 213 Å². The lowest BCUT2D eigenvalue weighted by Crippen LogP contribution is -2.50. The molecule has 0 heterocycles. The molecule has 1 N–H and O–H groups in total. The van der Waals surface area contributed by atoms with Crippen molar-refractivity contribution in [2.75, 3.05) is 41.0 Å². The fraction of sp³-hybridized carbons (Fsp3) is 0.707. The van der Waals surface area contributed by atoms with Gasteiger partial charge in [-0.15, -0.1) is 0 Å². The van der Waals surface area contributed by atoms with Gasteiger partial charge in [-0.05, 0) is 89.9 Å². The van der Waals surface area contributed by atoms with Crippen LogP contribution in [-0.4, -0.2) is 80.6 Å². The number of unbranched alkanes of at least 4 members (excludes halogenated alkanes) is 19. The normalized spacial score (nSPS) is 13.5. The van der Waals surface area contributed by atoms with E-state index in [4.69, 9.17) is 14.2 Å². The number of allylic oxidation sites excluding steroid dienone is 14. The van der Waals surface area contributed by atoms with E-state index >= 15 is 0 Å². The first-order valence-corrected chi connectivity index (χ1v) is 26.6. The molecule has 0 amide bonds. The summed E-state index contributed by atoms with van der Waals surface area (Å²) in [5.74, 6) is -1.51. The van der Waals surface area contributed by atoms with Crippen LogP contribution in [-0.2, 0) is 28.6 Å². The van der Waals surface area contributed by atoms with Gasteiger partial charge in [0.2, 0.25) is 0 Å². The van der Waals surface area contributed by atoms with E-state index in [9.17, 15) is 19.5 Å². The second-order valence-electron chi connectivity index (χ2n) is 18.7. The van der Waals surface area contributed by atoms with Crippen LogP contribution in [0.15, 0.2) is 85.1 Å². The van der Waals surface area contributed by atoms with Gasteiger partial charge in [0.15, 0.2) is 12.1 Å². The van der Waals surface area contributed by atoms with E-state index in [1.165, 1.54) is 83.5 Å². The molecule has 0 aliphatic carbocycles. The Bertz CT molecular complexity index is 1350. The number of carbonyl (C=O) groups excluding carboxylic acids is 2. The van der Waals surface area contributed by atoms with Crippen LogP contribution < -0.4 is 0 Å². The van der Waals surface area contributed by atoms with Crippen molar-refractivity contribution in [2.24, 2.45) is 0 Å². The second kappa shape index (κ2) is 48.0. The van der Waals surface area contributed by atoms with Gasteiger partial charge in [0.25, 0.3) is 0 Å². The molecule has 0 bridgehead atoms. The summed E-state index contributed by atoms with van der Waals surface area (Å²) in [6.45, 7) is 4.59. The molecule has 8 nitrogen and oxygen atoms in total. The molecule has 8 heteroatoms. The number of carboxylic acids is 1. The van der Waals surface area contributed by atoms with Crippen LogP contribution in [0.5, 0.6) is 0 Å². The molecule has 2 unspecified atom stereocenters. The molecule has 0 radical (unpaired) electrons. The fourth-order valence-electron chi connectivity index (χ4n) is 7.44. The van der Waals surface area contributed by atoms with E-state index in [0.717, 1.165) is 96.3 Å². The maximum Gasteiger partial charge on any atom is 0.362 e. The van der Waals surface area contributed by atoms with E-state index in [-0.39, 0.29) is 36.2 Å². The third kappa shape index (κ3) is 45.7. The van der Waals surface area contributed by atoms with E-state index < -0.39 is 18.1 Å². The van der Waals surface area contributed by atoms with E-state index in [0.29, 0.717) is 19.3 Å². The third-order valence-corrected chi connectivity index (χ3v) is 11.5. The summed E-state index contributed by atoms with van der Waals surface area (Å²) in [6.07, 6.45) is 63.5. The van der Waals surface area contributed by atoms with Gasteiger partial charge in [0.05, 0.1) is 34.4 Å². The zero-order chi connectivity index (χ0) is 48.4. The average Bonchev–Trinajstić information content (AvgIpc) is 3.28. The summed E-state index contributed by atoms with van der Waals surface area (Å²) in [5.41, 5.74) is 0. The minimum Gasteiger partial charge on any atom is -0.477 e. The van der Waals surface area contributed by atoms with Gasteiger partial charge < -0.3 is 23.8 Å². The Labute approximate surface area is 405 Å². The lowest BCUT2D eigenvalue weighted by molar-refractivity contribution is -0.887. The molecule has 0 aromatic rings. The molecule has 0 aliphatic heterocycles. The minimum absolute atomic E-state index is 0.0436. The zero-order valence-corrected chi connectivity index (χ0v) is 43.1. The Morgan fingerprint density at radius 1 is 0.470 bits per heavy atom. The highest BCUT2D eigenvalue weighted by Crippen LogP contribution is 2.14. The smallest absolute Gasteiger partial charge is 0.362 e. The van der Waals surface area contributed by atoms with E-state index in [1.54, 1.807) is 0 Å². The fourth-order valence-corrected chi connectivity index (χ4v) is 7.44. The predicted molar refractivity (Wildman–Crippen MR) is 280 cm³/mol. The molecule has 0 spiro atoms. The summed E-state index contributed by atoms with van der Waals surface area (Å²) in [6, 6.07) is -0.626. The maximum absolute atomic E-state index is 12.8. The molecule has 0 saturated carbocycles. The standard InChI is InChI=1S/C58H99NO7/c1-6-8-10-12-14-16-18-20-22-24-26-28-29-31-32-34-36-38-40-42-44-46-48-56(60)65-53-54(52-64-51-50-55(58(62)63)59(3,4)5)66-57(61)49-47-45-43-41-39-37-35-33-30-27-25-23-21-19-17-15-13-11-9-7-2/h9,11,15,17,21,23-24,26-27,29-31,35,37,54-55H,6-8,10,12-14,16,18-20,22,25,28,32-34,36,38-53H2,1-5H3/p+1/b11-9+,17-15+,23-21+,26-24+,30-27+,31-29+,37-35+. The van der Waals surface area contributed by atoms with Gasteiger partial charge in [0.1, 0.15) is 6.61 Å². The SMILES string of the molecule is CC/C=C/C/C=C/C/C=C/C/C=C/C/C=C/CCCCCCC(=O)OC(COCCC(C(=O)O)[N+](C)(C)C)COC(=O)CCCCCCCCC/C=C/C/C=C/CCCCCCCCCC. The van der Waals surface area contributed by atoms with Crippen LogP contribution >= 0.6 is 0 Å². The first kappa shape index (κ1) is 62.5. The highest BCUT2D eigenvalue weighted by molar-refractivity contribution is 5.72. The van der Waals surface area contributed by atoms with Crippen LogP contribution in [0.25, 0.3) is 0 Å². The number of likely N-dealkylation sites (N-methyl/N-ethyl adjacent to an activating group) is 1. The summed E-state index contributed by atoms with van der Waals surface area (Å²) in [7, 11) is 5.52. The van der Waals surface area contributed by atoms with Gasteiger partial charge in [-0.1, -0.05) is 189 Å². The van der Waals surface area contributed by atoms with Gasteiger partial charge in [-0.25, -0.2) is 4.79 Å². The number of hydrogen-bond acceptors (Lipinski definition) is 6. The Balaban J connectivity index is 4.30. The number of quaternary nitrogens is 1. The topological polar surface area (TPSA) is 99.1 Å². The van der Waals surface area contributed by atoms with Crippen molar-refractivity contribution in [1.82, 2.24) is 0 Å². The van der Waals surface area contributed by atoms with Gasteiger partial charge >= 0.3 is 17.9 Å². The Hall–Kier alpha value is -3.49. The van der Waals surface area contributed by atoms with Crippen LogP contribution in [0, 0.1) is 0 Å². The van der Waals surface area contributed by atoms with Crippen molar-refractivity contribution in [3.63, 3.8) is 0 Å². The summed E-state index contributed by atoms with van der Waals surface area (Å²) < 4.78 is 17.3. The first-order chi connectivity index (χ1) is 32.1. The molecule has 0 fully saturated rings. The molecule has 378 valence electrons. The highest BCUT2D eigenvalue weighted by Gasteiger charge is 2.31. The van der Waals surface area contributed by atoms with Gasteiger partial charge in [-0.3, -0.25) is 9.59 Å². The van der Waals surface area contributed by atoms with Gasteiger partial charge in [0, 0.05) is 19.3 Å². The quantitative estimate of drug-likeness (QED) is 0.0281. The number of ether oxygens (including phenoxy) is 3. The molecular weight excluding hydrogens is 823 g/mol. The minimum atomic E-state index is -0.883. The lowest BCUT2D eigenvalue weighted by atomic mass is 10.1. The number of aliphatic carboxylic acids is 1. The van der Waals surface area contributed by atoms with Crippen LogP contribution in [0.4, 0.5) is 0 Å². The Kier molecular flexibility index (Phi) is 45.4. The summed E-state index contributed by atoms with van der Waals surface area (Å²) in [5, 5.41) is 9.66. The molecule has 0 aromatic heterocycles. The lowest BCUT2D eigenvalue weighted by Gasteiger charge is -2.31. The molecule has 66 heavy (non-hydrogen) atoms. The number of nitrogens with zero attached hydrogens (tertiary/aromatic N) is 1. The van der Waals surface area contributed by atoms with Crippen molar-refractivity contribution in [1.29, 1.82) is 0 Å². The molecular formula is C58H100NO7+. The molecule has 2 atom stereocenters. The number of esters is 2. The highest BCUT2D eigenvalue weighted by atomic mass is 16.6. The Morgan fingerprint density at radius 2 is 0.848 bits per heavy atom. The third-order valence-electron chi connectivity index (χ3n) is 11.5. The largest absolute Gasteiger partial charge is 0.477 e. The number of carboxylic acid groups (broad SMARTS) is 1. The van der Waals surface area contributed by atoms with E-state index in [1.807, 2.05) is 21.1 Å². The molecule has 0 saturated heterocycles. The number of carbonyl (C=O) groups is 3. The average molecular weight is 923 g/mol. The second-order valence-corrected chi connectivity index (χ2v) is 18.7. The van der Waals surface area contributed by atoms with Gasteiger partial charge in [-0.2, -0.15) is 0 Å².